The number of carbonyl (C=O) groups is 3. The van der Waals surface area contributed by atoms with Crippen LogP contribution in [0.4, 0.5) is 11.6 Å². The van der Waals surface area contributed by atoms with Gasteiger partial charge >= 0.3 is 0 Å². The molecule has 3 aromatic rings. The molecule has 2 aromatic carbocycles. The lowest BCUT2D eigenvalue weighted by atomic mass is 10.1. The Hall–Kier alpha value is -3.92. The first-order valence-electron chi connectivity index (χ1n) is 9.57. The van der Waals surface area contributed by atoms with Gasteiger partial charge in [-0.1, -0.05) is 12.1 Å². The maximum atomic E-state index is 13.2. The van der Waals surface area contributed by atoms with Crippen LogP contribution in [0.1, 0.15) is 39.0 Å². The topological polar surface area (TPSA) is 118 Å². The van der Waals surface area contributed by atoms with E-state index in [9.17, 15) is 22.8 Å². The largest absolute Gasteiger partial charge is 0.274 e. The van der Waals surface area contributed by atoms with E-state index in [-0.39, 0.29) is 27.7 Å². The Morgan fingerprint density at radius 3 is 1.84 bits per heavy atom. The Morgan fingerprint density at radius 2 is 1.38 bits per heavy atom. The lowest BCUT2D eigenvalue weighted by molar-refractivity contribution is -0.115. The van der Waals surface area contributed by atoms with Crippen molar-refractivity contribution >= 4 is 39.4 Å². The zero-order valence-corrected chi connectivity index (χ0v) is 18.3. The van der Waals surface area contributed by atoms with Gasteiger partial charge in [0.1, 0.15) is 0 Å². The molecule has 0 saturated heterocycles. The highest BCUT2D eigenvalue weighted by Crippen LogP contribution is 2.30. The van der Waals surface area contributed by atoms with Crippen LogP contribution in [0.25, 0.3) is 0 Å². The molecule has 162 valence electrons. The molecule has 0 radical (unpaired) electrons. The van der Waals surface area contributed by atoms with E-state index in [0.29, 0.717) is 15.7 Å². The first-order chi connectivity index (χ1) is 15.1. The summed E-state index contributed by atoms with van der Waals surface area (Å²) < 4.78 is 27.0. The molecular weight excluding hydrogens is 432 g/mol. The third kappa shape index (κ3) is 3.44. The number of hydrogen-bond donors (Lipinski definition) is 0. The highest BCUT2D eigenvalue weighted by atomic mass is 32.2. The zero-order chi connectivity index (χ0) is 23.2. The van der Waals surface area contributed by atoms with Gasteiger partial charge in [-0.2, -0.15) is 4.31 Å². The van der Waals surface area contributed by atoms with Crippen molar-refractivity contribution in [3.05, 3.63) is 77.1 Å². The van der Waals surface area contributed by atoms with Gasteiger partial charge in [0.05, 0.1) is 21.7 Å². The minimum Gasteiger partial charge on any atom is -0.274 e. The highest BCUT2D eigenvalue weighted by Gasteiger charge is 2.37. The zero-order valence-electron chi connectivity index (χ0n) is 17.4. The van der Waals surface area contributed by atoms with E-state index in [1.165, 1.54) is 24.3 Å². The number of imide groups is 1. The molecule has 2 heterocycles. The van der Waals surface area contributed by atoms with E-state index < -0.39 is 27.7 Å². The van der Waals surface area contributed by atoms with Gasteiger partial charge in [-0.05, 0) is 56.3 Å². The Bertz CT molecular complexity index is 1330. The lowest BCUT2D eigenvalue weighted by Gasteiger charge is -2.20. The van der Waals surface area contributed by atoms with Crippen LogP contribution in [-0.2, 0) is 14.8 Å². The normalized spacial score (nSPS) is 13.3. The molecule has 1 aliphatic rings. The van der Waals surface area contributed by atoms with Crippen LogP contribution in [0.3, 0.4) is 0 Å². The monoisotopic (exact) mass is 450 g/mol. The summed E-state index contributed by atoms with van der Waals surface area (Å²) in [4.78, 5) is 46.5. The van der Waals surface area contributed by atoms with Gasteiger partial charge < -0.3 is 0 Å². The molecular formula is C22H18N4O5S. The molecule has 9 nitrogen and oxygen atoms in total. The second kappa shape index (κ2) is 7.65. The number of fused-ring (bicyclic) bond motifs is 1. The predicted molar refractivity (Wildman–Crippen MR) is 116 cm³/mol. The molecule has 4 rings (SSSR count). The standard InChI is InChI=1S/C22H18N4O5S/c1-13-12-14(2)24-22(23-13)26(15(3)27)32(30,31)17-10-8-16(9-11-17)25-20(28)18-6-4-5-7-19(18)21(25)29/h4-12H,1-3H3. The highest BCUT2D eigenvalue weighted by molar-refractivity contribution is 7.93. The van der Waals surface area contributed by atoms with Crippen molar-refractivity contribution in [1.82, 2.24) is 9.97 Å². The van der Waals surface area contributed by atoms with Crippen LogP contribution in [0.2, 0.25) is 0 Å². The summed E-state index contributed by atoms with van der Waals surface area (Å²) in [6, 6.07) is 13.2. The molecule has 32 heavy (non-hydrogen) atoms. The van der Waals surface area contributed by atoms with Crippen molar-refractivity contribution in [3.8, 4) is 0 Å². The fourth-order valence-corrected chi connectivity index (χ4v) is 4.84. The Labute approximate surface area is 184 Å². The number of carbonyl (C=O) groups excluding carboxylic acids is 3. The summed E-state index contributed by atoms with van der Waals surface area (Å²) in [6.45, 7) is 4.44. The Kier molecular flexibility index (Phi) is 5.09. The van der Waals surface area contributed by atoms with Crippen molar-refractivity contribution < 1.29 is 22.8 Å². The van der Waals surface area contributed by atoms with Gasteiger partial charge in [0.25, 0.3) is 21.8 Å². The number of rotatable bonds is 4. The minimum atomic E-state index is -4.34. The molecule has 0 saturated carbocycles. The maximum absolute atomic E-state index is 13.2. The van der Waals surface area contributed by atoms with Crippen molar-refractivity contribution in [2.45, 2.75) is 25.7 Å². The van der Waals surface area contributed by atoms with E-state index in [4.69, 9.17) is 0 Å². The average molecular weight is 450 g/mol. The molecule has 0 bridgehead atoms. The van der Waals surface area contributed by atoms with E-state index in [1.54, 1.807) is 44.2 Å². The number of aromatic nitrogens is 2. The number of aryl methyl sites for hydroxylation is 2. The van der Waals surface area contributed by atoms with E-state index in [0.717, 1.165) is 11.8 Å². The van der Waals surface area contributed by atoms with Gasteiger partial charge in [0, 0.05) is 18.3 Å². The molecule has 0 N–H and O–H groups in total. The fourth-order valence-electron chi connectivity index (χ4n) is 3.51. The number of benzene rings is 2. The summed E-state index contributed by atoms with van der Waals surface area (Å²) in [7, 11) is -4.34. The molecule has 3 amide bonds. The number of anilines is 2. The van der Waals surface area contributed by atoms with Crippen molar-refractivity contribution in [2.24, 2.45) is 0 Å². The van der Waals surface area contributed by atoms with Crippen LogP contribution in [0, 0.1) is 13.8 Å². The van der Waals surface area contributed by atoms with Gasteiger partial charge in [-0.15, -0.1) is 0 Å². The van der Waals surface area contributed by atoms with Gasteiger partial charge in [-0.25, -0.2) is 23.3 Å². The Balaban J connectivity index is 1.71. The number of sulfonamides is 1. The third-order valence-electron chi connectivity index (χ3n) is 4.87. The number of nitrogens with zero attached hydrogens (tertiary/aromatic N) is 4. The molecule has 10 heteroatoms. The summed E-state index contributed by atoms with van der Waals surface area (Å²) in [5.74, 6) is -2.01. The van der Waals surface area contributed by atoms with Crippen LogP contribution in [0.5, 0.6) is 0 Å². The van der Waals surface area contributed by atoms with E-state index in [1.807, 2.05) is 0 Å². The van der Waals surface area contributed by atoms with Gasteiger partial charge in [-0.3, -0.25) is 14.4 Å². The second-order valence-corrected chi connectivity index (χ2v) is 9.01. The first-order valence-corrected chi connectivity index (χ1v) is 11.0. The minimum absolute atomic E-state index is 0.212. The van der Waals surface area contributed by atoms with Crippen LogP contribution < -0.4 is 9.21 Å². The summed E-state index contributed by atoms with van der Waals surface area (Å²) in [5.41, 5.74) is 1.80. The second-order valence-electron chi connectivity index (χ2n) is 7.22. The SMILES string of the molecule is CC(=O)N(c1nc(C)cc(C)n1)S(=O)(=O)c1ccc(N2C(=O)c3ccccc3C2=O)cc1. The van der Waals surface area contributed by atoms with E-state index in [2.05, 4.69) is 9.97 Å². The fraction of sp³-hybridized carbons (Fsp3) is 0.136. The van der Waals surface area contributed by atoms with Gasteiger partial charge in [0.15, 0.2) is 0 Å². The van der Waals surface area contributed by atoms with Crippen molar-refractivity contribution in [1.29, 1.82) is 0 Å². The average Bonchev–Trinajstić information content (AvgIpc) is 2.97. The first kappa shape index (κ1) is 21.3. The molecule has 0 spiro atoms. The molecule has 0 aliphatic carbocycles. The molecule has 0 atom stereocenters. The number of amides is 3. The molecule has 1 aromatic heterocycles. The van der Waals surface area contributed by atoms with Crippen molar-refractivity contribution in [2.75, 3.05) is 9.21 Å². The van der Waals surface area contributed by atoms with Crippen LogP contribution >= 0.6 is 0 Å². The summed E-state index contributed by atoms with van der Waals surface area (Å²) >= 11 is 0. The summed E-state index contributed by atoms with van der Waals surface area (Å²) in [5, 5.41) is 0. The molecule has 0 fully saturated rings. The predicted octanol–water partition coefficient (Wildman–Crippen LogP) is 2.64. The lowest BCUT2D eigenvalue weighted by Crippen LogP contribution is -2.37. The third-order valence-corrected chi connectivity index (χ3v) is 6.63. The van der Waals surface area contributed by atoms with Crippen LogP contribution in [0.15, 0.2) is 59.5 Å². The Morgan fingerprint density at radius 1 is 0.875 bits per heavy atom. The molecule has 0 unspecified atom stereocenters. The maximum Gasteiger partial charge on any atom is 0.273 e. The smallest absolute Gasteiger partial charge is 0.273 e. The quantitative estimate of drug-likeness (QED) is 0.561. The van der Waals surface area contributed by atoms with Crippen LogP contribution in [-0.4, -0.2) is 36.1 Å². The molecule has 1 aliphatic heterocycles. The number of hydrogen-bond acceptors (Lipinski definition) is 7. The van der Waals surface area contributed by atoms with Crippen molar-refractivity contribution in [3.63, 3.8) is 0 Å². The summed E-state index contributed by atoms with van der Waals surface area (Å²) in [6.07, 6.45) is 0. The van der Waals surface area contributed by atoms with Gasteiger partial charge in [0.2, 0.25) is 11.9 Å². The van der Waals surface area contributed by atoms with E-state index >= 15 is 0 Å².